The Bertz CT molecular complexity index is 1020. The first-order chi connectivity index (χ1) is 14.3. The average molecular weight is 487 g/mol. The fraction of sp³-hybridized carbons (Fsp3) is 0.150. The molecule has 30 heavy (non-hydrogen) atoms. The van der Waals surface area contributed by atoms with E-state index in [1.165, 1.54) is 18.2 Å². The van der Waals surface area contributed by atoms with Gasteiger partial charge in [0.15, 0.2) is 12.4 Å². The third kappa shape index (κ3) is 5.10. The molecule has 0 N–H and O–H groups in total. The molecule has 0 saturated carbocycles. The minimum absolute atomic E-state index is 0.123. The van der Waals surface area contributed by atoms with Crippen molar-refractivity contribution >= 4 is 75.4 Å². The van der Waals surface area contributed by atoms with Crippen molar-refractivity contribution in [1.82, 2.24) is 0 Å². The molecule has 2 aromatic carbocycles. The summed E-state index contributed by atoms with van der Waals surface area (Å²) < 4.78 is 10.1. The third-order valence-electron chi connectivity index (χ3n) is 3.84. The summed E-state index contributed by atoms with van der Waals surface area (Å²) in [7, 11) is 0. The van der Waals surface area contributed by atoms with Crippen LogP contribution >= 0.6 is 46.6 Å². The number of amides is 2. The number of carbonyl (C=O) groups is 3. The maximum Gasteiger partial charge on any atom is 0.344 e. The van der Waals surface area contributed by atoms with Crippen LogP contribution in [0.1, 0.15) is 12.5 Å². The molecule has 1 heterocycles. The van der Waals surface area contributed by atoms with Gasteiger partial charge in [0.2, 0.25) is 0 Å². The molecule has 0 spiro atoms. The Balaban J connectivity index is 1.81. The summed E-state index contributed by atoms with van der Waals surface area (Å²) in [6.45, 7) is 1.57. The van der Waals surface area contributed by atoms with Gasteiger partial charge in [-0.25, -0.2) is 9.69 Å². The van der Waals surface area contributed by atoms with E-state index in [1.807, 2.05) is 0 Å². The van der Waals surface area contributed by atoms with Crippen LogP contribution in [0.5, 0.6) is 5.75 Å². The van der Waals surface area contributed by atoms with E-state index in [0.717, 1.165) is 16.7 Å². The van der Waals surface area contributed by atoms with E-state index < -0.39 is 17.1 Å². The zero-order valence-electron chi connectivity index (χ0n) is 15.5. The van der Waals surface area contributed by atoms with Gasteiger partial charge in [-0.15, -0.1) is 0 Å². The molecule has 0 bridgehead atoms. The van der Waals surface area contributed by atoms with Crippen molar-refractivity contribution in [3.63, 3.8) is 0 Å². The number of carbonyl (C=O) groups excluding carboxylic acids is 3. The molecule has 0 unspecified atom stereocenters. The highest BCUT2D eigenvalue weighted by Crippen LogP contribution is 2.39. The molecular formula is C20H14Cl3NO5S. The van der Waals surface area contributed by atoms with Gasteiger partial charge in [0.05, 0.1) is 27.2 Å². The normalized spacial score (nSPS) is 15.1. The fourth-order valence-corrected chi connectivity index (χ4v) is 4.15. The Hall–Kier alpha value is -2.19. The summed E-state index contributed by atoms with van der Waals surface area (Å²) in [6, 6.07) is 9.40. The van der Waals surface area contributed by atoms with Gasteiger partial charge in [-0.05, 0) is 66.7 Å². The molecule has 156 valence electrons. The molecule has 0 aliphatic carbocycles. The topological polar surface area (TPSA) is 72.9 Å². The van der Waals surface area contributed by atoms with E-state index in [2.05, 4.69) is 0 Å². The number of rotatable bonds is 6. The maximum absolute atomic E-state index is 12.7. The smallest absolute Gasteiger partial charge is 0.344 e. The fourth-order valence-electron chi connectivity index (χ4n) is 2.57. The van der Waals surface area contributed by atoms with E-state index in [4.69, 9.17) is 44.3 Å². The molecule has 0 atom stereocenters. The summed E-state index contributed by atoms with van der Waals surface area (Å²) in [6.07, 6.45) is 1.51. The van der Waals surface area contributed by atoms with Gasteiger partial charge in [0.25, 0.3) is 11.1 Å². The van der Waals surface area contributed by atoms with Crippen molar-refractivity contribution in [2.24, 2.45) is 0 Å². The number of hydrogen-bond acceptors (Lipinski definition) is 6. The third-order valence-corrected chi connectivity index (χ3v) is 5.52. The summed E-state index contributed by atoms with van der Waals surface area (Å²) in [5.41, 5.74) is 0.916. The van der Waals surface area contributed by atoms with Crippen LogP contribution in [0, 0.1) is 0 Å². The number of benzene rings is 2. The number of hydrogen-bond donors (Lipinski definition) is 0. The largest absolute Gasteiger partial charge is 0.479 e. The summed E-state index contributed by atoms with van der Waals surface area (Å²) in [5.74, 6) is -0.899. The number of imide groups is 1. The standard InChI is InChI=1S/C20H14Cl3NO5S/c1-2-28-17(25)10-29-18-14(22)7-11(8-15(18)23)9-16-19(26)24(20(27)30-16)13-5-3-12(21)4-6-13/h3-9H,2,10H2,1H3/b16-9+. The zero-order chi connectivity index (χ0) is 21.8. The SMILES string of the molecule is CCOC(=O)COc1c(Cl)cc(/C=C2/SC(=O)N(c3ccc(Cl)cc3)C2=O)cc1Cl. The van der Waals surface area contributed by atoms with E-state index >= 15 is 0 Å². The minimum Gasteiger partial charge on any atom is -0.479 e. The van der Waals surface area contributed by atoms with Crippen molar-refractivity contribution in [3.8, 4) is 5.75 Å². The predicted molar refractivity (Wildman–Crippen MR) is 118 cm³/mol. The Kier molecular flexibility index (Phi) is 7.31. The van der Waals surface area contributed by atoms with Crippen molar-refractivity contribution in [1.29, 1.82) is 0 Å². The van der Waals surface area contributed by atoms with Crippen LogP contribution in [-0.4, -0.2) is 30.3 Å². The first-order valence-electron chi connectivity index (χ1n) is 8.61. The number of ether oxygens (including phenoxy) is 2. The number of halogens is 3. The molecule has 3 rings (SSSR count). The first-order valence-corrected chi connectivity index (χ1v) is 10.6. The van der Waals surface area contributed by atoms with Crippen molar-refractivity contribution in [2.75, 3.05) is 18.1 Å². The van der Waals surface area contributed by atoms with Gasteiger partial charge in [-0.1, -0.05) is 34.8 Å². The first kappa shape index (κ1) is 22.5. The molecule has 0 aromatic heterocycles. The highest BCUT2D eigenvalue weighted by atomic mass is 35.5. The highest BCUT2D eigenvalue weighted by Gasteiger charge is 2.36. The summed E-state index contributed by atoms with van der Waals surface area (Å²) in [4.78, 5) is 37.8. The highest BCUT2D eigenvalue weighted by molar-refractivity contribution is 8.19. The lowest BCUT2D eigenvalue weighted by Crippen LogP contribution is -2.27. The summed E-state index contributed by atoms with van der Waals surface area (Å²) >= 11 is 19.1. The Morgan fingerprint density at radius 3 is 2.33 bits per heavy atom. The monoisotopic (exact) mass is 485 g/mol. The van der Waals surface area contributed by atoms with Crippen LogP contribution in [0.4, 0.5) is 10.5 Å². The second-order valence-electron chi connectivity index (χ2n) is 5.90. The lowest BCUT2D eigenvalue weighted by molar-refractivity contribution is -0.145. The van der Waals surface area contributed by atoms with Gasteiger partial charge < -0.3 is 9.47 Å². The van der Waals surface area contributed by atoms with Gasteiger partial charge in [0.1, 0.15) is 0 Å². The van der Waals surface area contributed by atoms with Crippen LogP contribution in [-0.2, 0) is 14.3 Å². The van der Waals surface area contributed by atoms with Crippen LogP contribution in [0.2, 0.25) is 15.1 Å². The van der Waals surface area contributed by atoms with E-state index in [1.54, 1.807) is 31.2 Å². The van der Waals surface area contributed by atoms with Crippen LogP contribution < -0.4 is 9.64 Å². The molecule has 1 aliphatic heterocycles. The van der Waals surface area contributed by atoms with Gasteiger partial charge >= 0.3 is 5.97 Å². The zero-order valence-corrected chi connectivity index (χ0v) is 18.6. The second kappa shape index (κ2) is 9.75. The molecule has 2 amide bonds. The van der Waals surface area contributed by atoms with Crippen LogP contribution in [0.3, 0.4) is 0 Å². The van der Waals surface area contributed by atoms with Crippen molar-refractivity contribution in [3.05, 3.63) is 61.9 Å². The summed E-state index contributed by atoms with van der Waals surface area (Å²) in [5, 5.41) is 0.362. The van der Waals surface area contributed by atoms with Crippen molar-refractivity contribution < 1.29 is 23.9 Å². The van der Waals surface area contributed by atoms with Gasteiger partial charge in [0, 0.05) is 5.02 Å². The second-order valence-corrected chi connectivity index (χ2v) is 8.14. The average Bonchev–Trinajstić information content (AvgIpc) is 2.95. The molecule has 10 heteroatoms. The van der Waals surface area contributed by atoms with Gasteiger partial charge in [-0.3, -0.25) is 9.59 Å². The van der Waals surface area contributed by atoms with E-state index in [-0.39, 0.29) is 33.9 Å². The number of nitrogens with zero attached hydrogens (tertiary/aromatic N) is 1. The quantitative estimate of drug-likeness (QED) is 0.378. The minimum atomic E-state index is -0.551. The lowest BCUT2D eigenvalue weighted by atomic mass is 10.2. The molecule has 6 nitrogen and oxygen atoms in total. The Morgan fingerprint density at radius 2 is 1.73 bits per heavy atom. The molecule has 0 radical (unpaired) electrons. The molecule has 1 aliphatic rings. The lowest BCUT2D eigenvalue weighted by Gasteiger charge is -2.12. The Labute approximate surface area is 191 Å². The maximum atomic E-state index is 12.7. The Morgan fingerprint density at radius 1 is 1.10 bits per heavy atom. The van der Waals surface area contributed by atoms with E-state index in [0.29, 0.717) is 16.3 Å². The van der Waals surface area contributed by atoms with Crippen LogP contribution in [0.15, 0.2) is 41.3 Å². The number of anilines is 1. The van der Waals surface area contributed by atoms with Crippen molar-refractivity contribution in [2.45, 2.75) is 6.92 Å². The molecule has 1 fully saturated rings. The van der Waals surface area contributed by atoms with Gasteiger partial charge in [-0.2, -0.15) is 0 Å². The number of thioether (sulfide) groups is 1. The number of esters is 1. The molecule has 2 aromatic rings. The predicted octanol–water partition coefficient (Wildman–Crippen LogP) is 5.83. The molecular weight excluding hydrogens is 473 g/mol. The van der Waals surface area contributed by atoms with E-state index in [9.17, 15) is 14.4 Å². The van der Waals surface area contributed by atoms with Crippen LogP contribution in [0.25, 0.3) is 6.08 Å². The molecule has 1 saturated heterocycles.